The molecule has 2 rings (SSSR count). The zero-order chi connectivity index (χ0) is 15.5. The van der Waals surface area contributed by atoms with Crippen LogP contribution in [-0.4, -0.2) is 34.0 Å². The van der Waals surface area contributed by atoms with Gasteiger partial charge in [-0.25, -0.2) is 13.6 Å². The van der Waals surface area contributed by atoms with Crippen LogP contribution < -0.4 is 20.5 Å². The molecule has 0 saturated carbocycles. The molecule has 0 aromatic heterocycles. The van der Waals surface area contributed by atoms with Crippen LogP contribution in [0.2, 0.25) is 0 Å². The van der Waals surface area contributed by atoms with Crippen LogP contribution in [0.1, 0.15) is 19.3 Å². The molecule has 1 amide bonds. The summed E-state index contributed by atoms with van der Waals surface area (Å²) in [5.41, 5.74) is 0.293. The summed E-state index contributed by atoms with van der Waals surface area (Å²) in [5, 5.41) is 10.9. The fourth-order valence-electron chi connectivity index (χ4n) is 2.26. The number of methoxy groups -OCH3 is 1. The molecule has 1 aliphatic rings. The van der Waals surface area contributed by atoms with Gasteiger partial charge in [-0.05, 0) is 37.6 Å². The van der Waals surface area contributed by atoms with Crippen molar-refractivity contribution >= 4 is 21.6 Å². The predicted molar refractivity (Wildman–Crippen MR) is 78.6 cm³/mol. The van der Waals surface area contributed by atoms with Gasteiger partial charge in [0.05, 0.1) is 23.7 Å². The number of amides is 1. The molecule has 7 nitrogen and oxygen atoms in total. The lowest BCUT2D eigenvalue weighted by Gasteiger charge is -2.23. The lowest BCUT2D eigenvalue weighted by Crippen LogP contribution is -2.43. The van der Waals surface area contributed by atoms with E-state index in [-0.39, 0.29) is 16.8 Å². The summed E-state index contributed by atoms with van der Waals surface area (Å²) < 4.78 is 27.9. The van der Waals surface area contributed by atoms with Crippen LogP contribution in [-0.2, 0) is 14.8 Å². The van der Waals surface area contributed by atoms with E-state index in [1.165, 1.54) is 25.3 Å². The Morgan fingerprint density at radius 1 is 1.43 bits per heavy atom. The van der Waals surface area contributed by atoms with Crippen molar-refractivity contribution in [1.82, 2.24) is 5.32 Å². The largest absolute Gasteiger partial charge is 0.495 e. The van der Waals surface area contributed by atoms with E-state index in [4.69, 9.17) is 9.88 Å². The molecule has 1 aromatic rings. The molecule has 0 aliphatic carbocycles. The third-order valence-corrected chi connectivity index (χ3v) is 4.30. The minimum absolute atomic E-state index is 0.0739. The number of ether oxygens (including phenoxy) is 1. The highest BCUT2D eigenvalue weighted by Gasteiger charge is 2.22. The Balaban J connectivity index is 2.22. The summed E-state index contributed by atoms with van der Waals surface area (Å²) >= 11 is 0. The van der Waals surface area contributed by atoms with Gasteiger partial charge in [0.25, 0.3) is 0 Å². The van der Waals surface area contributed by atoms with Crippen LogP contribution in [0.4, 0.5) is 5.69 Å². The molecule has 1 saturated heterocycles. The number of carbonyl (C=O) groups is 1. The molecule has 1 heterocycles. The molecule has 1 atom stereocenters. The van der Waals surface area contributed by atoms with Crippen LogP contribution in [0.3, 0.4) is 0 Å². The van der Waals surface area contributed by atoms with E-state index in [9.17, 15) is 13.2 Å². The van der Waals surface area contributed by atoms with E-state index in [1.807, 2.05) is 0 Å². The summed E-state index contributed by atoms with van der Waals surface area (Å²) in [4.78, 5) is 12.1. The van der Waals surface area contributed by atoms with Crippen LogP contribution in [0.25, 0.3) is 0 Å². The quantitative estimate of drug-likeness (QED) is 0.746. The lowest BCUT2D eigenvalue weighted by molar-refractivity contribution is -0.118. The van der Waals surface area contributed by atoms with E-state index in [2.05, 4.69) is 10.6 Å². The van der Waals surface area contributed by atoms with Gasteiger partial charge in [0.15, 0.2) is 0 Å². The van der Waals surface area contributed by atoms with Gasteiger partial charge in [-0.2, -0.15) is 0 Å². The zero-order valence-corrected chi connectivity index (χ0v) is 12.6. The van der Waals surface area contributed by atoms with Gasteiger partial charge in [-0.1, -0.05) is 6.42 Å². The number of anilines is 1. The molecule has 1 fully saturated rings. The van der Waals surface area contributed by atoms with Crippen molar-refractivity contribution in [2.45, 2.75) is 30.2 Å². The number of piperidine rings is 1. The summed E-state index contributed by atoms with van der Waals surface area (Å²) in [7, 11) is -2.39. The molecule has 8 heteroatoms. The van der Waals surface area contributed by atoms with E-state index in [0.717, 1.165) is 25.8 Å². The predicted octanol–water partition coefficient (Wildman–Crippen LogP) is 0.423. The van der Waals surface area contributed by atoms with E-state index in [0.29, 0.717) is 11.4 Å². The Morgan fingerprint density at radius 3 is 2.76 bits per heavy atom. The first-order chi connectivity index (χ1) is 9.91. The van der Waals surface area contributed by atoms with Crippen molar-refractivity contribution in [3.05, 3.63) is 18.2 Å². The molecule has 0 bridgehead atoms. The van der Waals surface area contributed by atoms with Crippen molar-refractivity contribution in [2.75, 3.05) is 19.0 Å². The van der Waals surface area contributed by atoms with Gasteiger partial charge in [0, 0.05) is 0 Å². The molecule has 0 radical (unpaired) electrons. The SMILES string of the molecule is COc1ccc(S(N)(=O)=O)cc1NC(=O)[C@H]1CCCCN1. The third-order valence-electron chi connectivity index (χ3n) is 3.38. The minimum atomic E-state index is -3.83. The Kier molecular flexibility index (Phi) is 4.81. The fraction of sp³-hybridized carbons (Fsp3) is 0.462. The number of nitrogens with two attached hydrogens (primary N) is 1. The van der Waals surface area contributed by atoms with Crippen molar-refractivity contribution in [2.24, 2.45) is 5.14 Å². The summed E-state index contributed by atoms with van der Waals surface area (Å²) in [6.07, 6.45) is 2.79. The molecule has 4 N–H and O–H groups in total. The first-order valence-corrected chi connectivity index (χ1v) is 8.21. The normalized spacial score (nSPS) is 19.0. The Hall–Kier alpha value is -1.64. The van der Waals surface area contributed by atoms with Crippen LogP contribution in [0.15, 0.2) is 23.1 Å². The number of nitrogens with one attached hydrogen (secondary N) is 2. The Labute approximate surface area is 123 Å². The van der Waals surface area contributed by atoms with Crippen LogP contribution in [0.5, 0.6) is 5.75 Å². The average Bonchev–Trinajstić information content (AvgIpc) is 2.47. The van der Waals surface area contributed by atoms with Crippen LogP contribution >= 0.6 is 0 Å². The Bertz CT molecular complexity index is 624. The molecule has 116 valence electrons. The lowest BCUT2D eigenvalue weighted by atomic mass is 10.0. The van der Waals surface area contributed by atoms with Gasteiger partial charge in [-0.15, -0.1) is 0 Å². The molecule has 1 aromatic carbocycles. The highest BCUT2D eigenvalue weighted by Crippen LogP contribution is 2.27. The fourth-order valence-corrected chi connectivity index (χ4v) is 2.80. The monoisotopic (exact) mass is 313 g/mol. The summed E-state index contributed by atoms with van der Waals surface area (Å²) in [6.45, 7) is 0.798. The number of hydrogen-bond donors (Lipinski definition) is 3. The number of carbonyl (C=O) groups excluding carboxylic acids is 1. The first-order valence-electron chi connectivity index (χ1n) is 6.67. The maximum Gasteiger partial charge on any atom is 0.241 e. The van der Waals surface area contributed by atoms with Gasteiger partial charge < -0.3 is 15.4 Å². The number of benzene rings is 1. The average molecular weight is 313 g/mol. The van der Waals surface area contributed by atoms with Gasteiger partial charge in [0.1, 0.15) is 5.75 Å². The summed E-state index contributed by atoms with van der Waals surface area (Å²) in [5.74, 6) is 0.172. The smallest absolute Gasteiger partial charge is 0.241 e. The van der Waals surface area contributed by atoms with Gasteiger partial charge in [-0.3, -0.25) is 4.79 Å². The van der Waals surface area contributed by atoms with Crippen molar-refractivity contribution in [3.63, 3.8) is 0 Å². The van der Waals surface area contributed by atoms with E-state index < -0.39 is 10.0 Å². The zero-order valence-electron chi connectivity index (χ0n) is 11.8. The number of primary sulfonamides is 1. The van der Waals surface area contributed by atoms with Gasteiger partial charge in [0.2, 0.25) is 15.9 Å². The molecule has 0 spiro atoms. The third kappa shape index (κ3) is 3.93. The van der Waals surface area contributed by atoms with Crippen LogP contribution in [0, 0.1) is 0 Å². The second-order valence-electron chi connectivity index (χ2n) is 4.90. The maximum atomic E-state index is 12.2. The summed E-state index contributed by atoms with van der Waals surface area (Å²) in [6, 6.07) is 3.82. The highest BCUT2D eigenvalue weighted by atomic mass is 32.2. The van der Waals surface area contributed by atoms with Crippen molar-refractivity contribution in [1.29, 1.82) is 0 Å². The first kappa shape index (κ1) is 15.7. The molecule has 0 unspecified atom stereocenters. The highest BCUT2D eigenvalue weighted by molar-refractivity contribution is 7.89. The molecular formula is C13H19N3O4S. The van der Waals surface area contributed by atoms with E-state index in [1.54, 1.807) is 0 Å². The second-order valence-corrected chi connectivity index (χ2v) is 6.46. The maximum absolute atomic E-state index is 12.2. The number of hydrogen-bond acceptors (Lipinski definition) is 5. The standard InChI is InChI=1S/C13H19N3O4S/c1-20-12-6-5-9(21(14,18)19)8-11(12)16-13(17)10-4-2-3-7-15-10/h5-6,8,10,15H,2-4,7H2,1H3,(H,16,17)(H2,14,18,19)/t10-/m1/s1. The second kappa shape index (κ2) is 6.42. The molecule has 1 aliphatic heterocycles. The Morgan fingerprint density at radius 2 is 2.19 bits per heavy atom. The number of rotatable bonds is 4. The van der Waals surface area contributed by atoms with E-state index >= 15 is 0 Å². The van der Waals surface area contributed by atoms with Crippen molar-refractivity contribution in [3.8, 4) is 5.75 Å². The topological polar surface area (TPSA) is 111 Å². The number of sulfonamides is 1. The van der Waals surface area contributed by atoms with Crippen molar-refractivity contribution < 1.29 is 17.9 Å². The molecule has 21 heavy (non-hydrogen) atoms. The minimum Gasteiger partial charge on any atom is -0.495 e. The van der Waals surface area contributed by atoms with Gasteiger partial charge >= 0.3 is 0 Å². The molecular weight excluding hydrogens is 294 g/mol.